The number of ether oxygens (including phenoxy) is 4. The van der Waals surface area contributed by atoms with Gasteiger partial charge in [0.1, 0.15) is 18.4 Å². The molecular formula is C36H52N4O11S. The zero-order valence-electron chi connectivity index (χ0n) is 30.2. The highest BCUT2D eigenvalue weighted by molar-refractivity contribution is 7.89. The molecule has 0 unspecified atom stereocenters. The zero-order valence-corrected chi connectivity index (χ0v) is 31.0. The lowest BCUT2D eigenvalue weighted by Gasteiger charge is -2.38. The number of sulfonamides is 1. The van der Waals surface area contributed by atoms with Gasteiger partial charge in [0.25, 0.3) is 0 Å². The Hall–Kier alpha value is -3.96. The molecule has 0 spiro atoms. The number of carbonyl (C=O) groups excluding carboxylic acids is 2. The van der Waals surface area contributed by atoms with Gasteiger partial charge in [0.2, 0.25) is 10.0 Å². The first-order valence-electron chi connectivity index (χ1n) is 17.5. The molecule has 15 nitrogen and oxygen atoms in total. The molecule has 0 aromatic heterocycles. The maximum Gasteiger partial charge on any atom is 0.410 e. The van der Waals surface area contributed by atoms with Crippen LogP contribution in [0.3, 0.4) is 0 Å². The zero-order chi connectivity index (χ0) is 37.9. The first kappa shape index (κ1) is 40.8. The van der Waals surface area contributed by atoms with E-state index in [1.807, 2.05) is 44.2 Å². The lowest BCUT2D eigenvalue weighted by atomic mass is 9.87. The SMILES string of the molecule is CCN(C(=O)O[C@@H]1CO[C@@H]2OCC[C@@H]21)[C@@H](Cc1ccccc1)[C@H](O)CN(CC(C)(C)CCCNC(=O)NCC(=O)O)S(=O)(=O)c1ccc(OC)cc1. The summed E-state index contributed by atoms with van der Waals surface area (Å²) in [4.78, 5) is 37.9. The van der Waals surface area contributed by atoms with Crippen LogP contribution in [0, 0.1) is 11.3 Å². The third-order valence-corrected chi connectivity index (χ3v) is 11.2. The second-order valence-electron chi connectivity index (χ2n) is 13.8. The molecule has 2 saturated heterocycles. The number of benzene rings is 2. The first-order chi connectivity index (χ1) is 24.7. The maximum atomic E-state index is 14.3. The largest absolute Gasteiger partial charge is 0.497 e. The molecular weight excluding hydrogens is 696 g/mol. The van der Waals surface area contributed by atoms with E-state index in [4.69, 9.17) is 24.1 Å². The van der Waals surface area contributed by atoms with Crippen LogP contribution in [0.1, 0.15) is 45.6 Å². The van der Waals surface area contributed by atoms with E-state index in [2.05, 4.69) is 10.6 Å². The van der Waals surface area contributed by atoms with Crippen LogP contribution in [0.25, 0.3) is 0 Å². The van der Waals surface area contributed by atoms with Crippen molar-refractivity contribution >= 4 is 28.1 Å². The second-order valence-corrected chi connectivity index (χ2v) is 15.7. The van der Waals surface area contributed by atoms with Crippen molar-refractivity contribution in [2.24, 2.45) is 11.3 Å². The average Bonchev–Trinajstić information content (AvgIpc) is 3.74. The number of amides is 3. The minimum Gasteiger partial charge on any atom is -0.497 e. The van der Waals surface area contributed by atoms with Crippen molar-refractivity contribution in [1.29, 1.82) is 0 Å². The number of carbonyl (C=O) groups is 3. The highest BCUT2D eigenvalue weighted by Crippen LogP contribution is 2.34. The van der Waals surface area contributed by atoms with Crippen molar-refractivity contribution < 1.29 is 52.0 Å². The van der Waals surface area contributed by atoms with Gasteiger partial charge in [-0.15, -0.1) is 0 Å². The number of aliphatic hydroxyl groups excluding tert-OH is 1. The first-order valence-corrected chi connectivity index (χ1v) is 19.0. The molecule has 2 aliphatic heterocycles. The number of carboxylic acids is 1. The summed E-state index contributed by atoms with van der Waals surface area (Å²) in [5.74, 6) is -0.766. The Morgan fingerprint density at radius 2 is 1.77 bits per heavy atom. The summed E-state index contributed by atoms with van der Waals surface area (Å²) in [6, 6.07) is 13.9. The quantitative estimate of drug-likeness (QED) is 0.154. The fraction of sp³-hybridized carbons (Fsp3) is 0.583. The maximum absolute atomic E-state index is 14.3. The normalized spacial score (nSPS) is 19.8. The number of rotatable bonds is 19. The standard InChI is InChI=1S/C36H52N4O11S/c1-5-40(35(45)51-31-23-50-33-28(31)16-19-49-33)29(20-25-10-7-6-8-11-25)30(41)22-39(52(46,47)27-14-12-26(48-4)13-15-27)24-36(2,3)17-9-18-37-34(44)38-21-32(42)43/h6-8,10-15,28-31,33,41H,5,9,16-24H2,1-4H3,(H,42,43)(H2,37,38,44)/t28-,29+,30-,31-,33+/m1/s1. The number of carboxylic acid groups (broad SMARTS) is 1. The third kappa shape index (κ3) is 11.3. The van der Waals surface area contributed by atoms with Crippen molar-refractivity contribution in [3.8, 4) is 5.75 Å². The molecule has 2 aliphatic rings. The second kappa shape index (κ2) is 18.7. The number of nitrogens with one attached hydrogen (secondary N) is 2. The van der Waals surface area contributed by atoms with Crippen LogP contribution in [0.2, 0.25) is 0 Å². The van der Waals surface area contributed by atoms with Crippen molar-refractivity contribution in [3.63, 3.8) is 0 Å². The third-order valence-electron chi connectivity index (χ3n) is 9.35. The monoisotopic (exact) mass is 748 g/mol. The Morgan fingerprint density at radius 1 is 1.06 bits per heavy atom. The number of hydrogen-bond donors (Lipinski definition) is 4. The molecule has 2 fully saturated rings. The Morgan fingerprint density at radius 3 is 2.42 bits per heavy atom. The smallest absolute Gasteiger partial charge is 0.410 e. The molecule has 0 aliphatic carbocycles. The van der Waals surface area contributed by atoms with Gasteiger partial charge in [-0.3, -0.25) is 4.79 Å². The number of likely N-dealkylation sites (N-methyl/N-ethyl adjacent to an activating group) is 1. The number of nitrogens with zero attached hydrogens (tertiary/aromatic N) is 2. The molecule has 2 aromatic rings. The summed E-state index contributed by atoms with van der Waals surface area (Å²) in [7, 11) is -2.70. The van der Waals surface area contributed by atoms with E-state index >= 15 is 0 Å². The Bertz CT molecular complexity index is 1580. The molecule has 2 heterocycles. The van der Waals surface area contributed by atoms with E-state index < -0.39 is 64.6 Å². The molecule has 4 rings (SSSR count). The van der Waals surface area contributed by atoms with E-state index in [0.717, 1.165) is 5.56 Å². The topological polar surface area (TPSA) is 193 Å². The molecule has 52 heavy (non-hydrogen) atoms. The summed E-state index contributed by atoms with van der Waals surface area (Å²) in [6.07, 6.45) is -1.00. The number of aliphatic carboxylic acids is 1. The van der Waals surface area contributed by atoms with Gasteiger partial charge < -0.3 is 44.7 Å². The van der Waals surface area contributed by atoms with Gasteiger partial charge in [0, 0.05) is 26.2 Å². The summed E-state index contributed by atoms with van der Waals surface area (Å²) in [6.45, 7) is 5.86. The molecule has 0 saturated carbocycles. The average molecular weight is 749 g/mol. The van der Waals surface area contributed by atoms with Gasteiger partial charge in [-0.2, -0.15) is 4.31 Å². The number of hydrogen-bond acceptors (Lipinski definition) is 10. The van der Waals surface area contributed by atoms with Crippen molar-refractivity contribution in [3.05, 3.63) is 60.2 Å². The number of urea groups is 1. The predicted molar refractivity (Wildman–Crippen MR) is 190 cm³/mol. The van der Waals surface area contributed by atoms with Crippen molar-refractivity contribution in [2.45, 2.75) is 75.9 Å². The molecule has 2 aromatic carbocycles. The van der Waals surface area contributed by atoms with E-state index in [1.54, 1.807) is 19.1 Å². The summed E-state index contributed by atoms with van der Waals surface area (Å²) >= 11 is 0. The Labute approximate surface area is 305 Å². The van der Waals surface area contributed by atoms with Crippen LogP contribution in [-0.2, 0) is 35.4 Å². The van der Waals surface area contributed by atoms with E-state index in [-0.39, 0.29) is 50.0 Å². The Kier molecular flexibility index (Phi) is 14.7. The highest BCUT2D eigenvalue weighted by atomic mass is 32.2. The highest BCUT2D eigenvalue weighted by Gasteiger charge is 2.45. The molecule has 0 bridgehead atoms. The van der Waals surface area contributed by atoms with Crippen LogP contribution < -0.4 is 15.4 Å². The minimum atomic E-state index is -4.18. The number of methoxy groups -OCH3 is 1. The van der Waals surface area contributed by atoms with Crippen LogP contribution in [-0.4, -0.2) is 124 Å². The minimum absolute atomic E-state index is 0.000737. The van der Waals surface area contributed by atoms with Crippen molar-refractivity contribution in [1.82, 2.24) is 19.8 Å². The summed E-state index contributed by atoms with van der Waals surface area (Å²) in [5.41, 5.74) is 0.204. The predicted octanol–water partition coefficient (Wildman–Crippen LogP) is 3.07. The fourth-order valence-corrected chi connectivity index (χ4v) is 8.22. The van der Waals surface area contributed by atoms with E-state index in [1.165, 1.54) is 28.4 Å². The van der Waals surface area contributed by atoms with Gasteiger partial charge in [0.15, 0.2) is 6.29 Å². The fourth-order valence-electron chi connectivity index (χ4n) is 6.57. The lowest BCUT2D eigenvalue weighted by Crippen LogP contribution is -2.54. The Balaban J connectivity index is 1.57. The molecule has 3 amide bonds. The van der Waals surface area contributed by atoms with Gasteiger partial charge in [-0.05, 0) is 67.9 Å². The van der Waals surface area contributed by atoms with Crippen LogP contribution in [0.4, 0.5) is 9.59 Å². The molecule has 288 valence electrons. The summed E-state index contributed by atoms with van der Waals surface area (Å²) in [5, 5.41) is 25.7. The molecule has 5 atom stereocenters. The van der Waals surface area contributed by atoms with Crippen molar-refractivity contribution in [2.75, 3.05) is 53.0 Å². The molecule has 16 heteroatoms. The van der Waals surface area contributed by atoms with Gasteiger partial charge in [-0.1, -0.05) is 44.2 Å². The van der Waals surface area contributed by atoms with Gasteiger partial charge in [0.05, 0.1) is 43.3 Å². The van der Waals surface area contributed by atoms with E-state index in [0.29, 0.717) is 31.6 Å². The summed E-state index contributed by atoms with van der Waals surface area (Å²) < 4.78 is 52.3. The van der Waals surface area contributed by atoms with Gasteiger partial charge in [-0.25, -0.2) is 18.0 Å². The lowest BCUT2D eigenvalue weighted by molar-refractivity contribution is -0.135. The number of aliphatic hydroxyl groups is 1. The van der Waals surface area contributed by atoms with Crippen LogP contribution in [0.5, 0.6) is 5.75 Å². The van der Waals surface area contributed by atoms with Crippen LogP contribution in [0.15, 0.2) is 59.5 Å². The molecule has 0 radical (unpaired) electrons. The molecule has 4 N–H and O–H groups in total. The number of fused-ring (bicyclic) bond motifs is 1. The van der Waals surface area contributed by atoms with Gasteiger partial charge >= 0.3 is 18.1 Å². The van der Waals surface area contributed by atoms with Crippen LogP contribution >= 0.6 is 0 Å². The van der Waals surface area contributed by atoms with E-state index in [9.17, 15) is 27.9 Å².